The van der Waals surface area contributed by atoms with E-state index in [1.807, 2.05) is 18.2 Å². The highest BCUT2D eigenvalue weighted by molar-refractivity contribution is 5.72. The molecule has 0 aliphatic carbocycles. The number of esters is 1. The molecule has 1 aliphatic rings. The lowest BCUT2D eigenvalue weighted by molar-refractivity contribution is -0.143. The van der Waals surface area contributed by atoms with Crippen LogP contribution in [0.1, 0.15) is 23.2 Å². The minimum absolute atomic E-state index is 0.125. The highest BCUT2D eigenvalue weighted by atomic mass is 19.1. The zero-order valence-electron chi connectivity index (χ0n) is 19.3. The van der Waals surface area contributed by atoms with Gasteiger partial charge < -0.3 is 9.47 Å². The van der Waals surface area contributed by atoms with Crippen molar-refractivity contribution in [3.05, 3.63) is 93.4 Å². The molecule has 4 rings (SSSR count). The Bertz CT molecular complexity index is 1200. The number of carbonyl (C=O) groups is 1. The van der Waals surface area contributed by atoms with Crippen molar-refractivity contribution >= 4 is 5.97 Å². The van der Waals surface area contributed by atoms with E-state index in [1.54, 1.807) is 6.07 Å². The lowest BCUT2D eigenvalue weighted by Crippen LogP contribution is -2.37. The standard InChI is InChI=1S/C26H27F2N3O4/c27-21-16-22(28)18-23(17-21)31-7-5-25(32)24(29-31)14-19-3-1-4-20(13-19)15-26(33)35-10-2-6-30-8-11-34-12-9-30/h1,3-5,7,13,16-18H,2,6,8-12,14-15H2. The first kappa shape index (κ1) is 24.7. The molecule has 0 bridgehead atoms. The van der Waals surface area contributed by atoms with E-state index in [0.717, 1.165) is 68.6 Å². The Labute approximate surface area is 201 Å². The van der Waals surface area contributed by atoms with Gasteiger partial charge >= 0.3 is 5.97 Å². The maximum Gasteiger partial charge on any atom is 0.310 e. The summed E-state index contributed by atoms with van der Waals surface area (Å²) < 4.78 is 39.1. The van der Waals surface area contributed by atoms with Crippen LogP contribution in [0.3, 0.4) is 0 Å². The van der Waals surface area contributed by atoms with Crippen molar-refractivity contribution in [2.45, 2.75) is 19.3 Å². The van der Waals surface area contributed by atoms with E-state index in [0.29, 0.717) is 6.61 Å². The number of aromatic nitrogens is 2. The Hall–Kier alpha value is -3.43. The van der Waals surface area contributed by atoms with Gasteiger partial charge in [0.1, 0.15) is 17.3 Å². The van der Waals surface area contributed by atoms with E-state index in [1.165, 1.54) is 16.9 Å². The van der Waals surface area contributed by atoms with E-state index >= 15 is 0 Å². The molecule has 184 valence electrons. The molecule has 0 atom stereocenters. The Morgan fingerprint density at radius 3 is 2.54 bits per heavy atom. The molecule has 0 saturated carbocycles. The molecule has 35 heavy (non-hydrogen) atoms. The average molecular weight is 484 g/mol. The number of benzene rings is 2. The van der Waals surface area contributed by atoms with Crippen LogP contribution >= 0.6 is 0 Å². The second-order valence-electron chi connectivity index (χ2n) is 8.40. The van der Waals surface area contributed by atoms with Gasteiger partial charge in [-0.2, -0.15) is 5.10 Å². The third kappa shape index (κ3) is 7.27. The number of rotatable bonds is 9. The lowest BCUT2D eigenvalue weighted by Gasteiger charge is -2.26. The maximum atomic E-state index is 13.6. The molecule has 0 spiro atoms. The van der Waals surface area contributed by atoms with Gasteiger partial charge in [-0.25, -0.2) is 13.5 Å². The summed E-state index contributed by atoms with van der Waals surface area (Å²) in [5.41, 5.74) is 1.66. The first-order valence-corrected chi connectivity index (χ1v) is 11.6. The summed E-state index contributed by atoms with van der Waals surface area (Å²) in [4.78, 5) is 26.9. The highest BCUT2D eigenvalue weighted by Crippen LogP contribution is 2.13. The van der Waals surface area contributed by atoms with Crippen LogP contribution in [0.4, 0.5) is 8.78 Å². The minimum Gasteiger partial charge on any atom is -0.465 e. The highest BCUT2D eigenvalue weighted by Gasteiger charge is 2.12. The number of hydrogen-bond acceptors (Lipinski definition) is 6. The topological polar surface area (TPSA) is 73.7 Å². The molecule has 3 aromatic rings. The average Bonchev–Trinajstić information content (AvgIpc) is 2.83. The van der Waals surface area contributed by atoms with Crippen LogP contribution in [0.5, 0.6) is 0 Å². The number of carbonyl (C=O) groups excluding carboxylic acids is 1. The van der Waals surface area contributed by atoms with Gasteiger partial charge in [0, 0.05) is 44.4 Å². The first-order valence-electron chi connectivity index (χ1n) is 11.6. The van der Waals surface area contributed by atoms with Crippen molar-refractivity contribution in [3.8, 4) is 5.69 Å². The van der Waals surface area contributed by atoms with Crippen LogP contribution in [-0.4, -0.2) is 60.1 Å². The summed E-state index contributed by atoms with van der Waals surface area (Å²) in [6.07, 6.45) is 2.47. The molecule has 1 saturated heterocycles. The van der Waals surface area contributed by atoms with Gasteiger partial charge in [-0.1, -0.05) is 24.3 Å². The molecule has 7 nitrogen and oxygen atoms in total. The fourth-order valence-corrected chi connectivity index (χ4v) is 3.94. The van der Waals surface area contributed by atoms with Gasteiger partial charge in [0.15, 0.2) is 0 Å². The molecule has 1 fully saturated rings. The van der Waals surface area contributed by atoms with Crippen LogP contribution in [0.15, 0.2) is 59.5 Å². The number of ether oxygens (including phenoxy) is 2. The quantitative estimate of drug-likeness (QED) is 0.344. The molecule has 1 aromatic heterocycles. The van der Waals surface area contributed by atoms with Crippen molar-refractivity contribution in [1.82, 2.24) is 14.7 Å². The summed E-state index contributed by atoms with van der Waals surface area (Å²) >= 11 is 0. The lowest BCUT2D eigenvalue weighted by atomic mass is 10.0. The van der Waals surface area contributed by atoms with Crippen LogP contribution in [0.2, 0.25) is 0 Å². The molecule has 0 unspecified atom stereocenters. The monoisotopic (exact) mass is 483 g/mol. The molecule has 0 N–H and O–H groups in total. The van der Waals surface area contributed by atoms with Gasteiger partial charge in [-0.15, -0.1) is 0 Å². The fraction of sp³-hybridized carbons (Fsp3) is 0.346. The fourth-order valence-electron chi connectivity index (χ4n) is 3.94. The molecule has 9 heteroatoms. The molecular weight excluding hydrogens is 456 g/mol. The summed E-state index contributed by atoms with van der Waals surface area (Å²) in [6, 6.07) is 11.6. The van der Waals surface area contributed by atoms with Gasteiger partial charge in [0.2, 0.25) is 5.43 Å². The molecule has 0 radical (unpaired) electrons. The van der Waals surface area contributed by atoms with Crippen molar-refractivity contribution in [1.29, 1.82) is 0 Å². The van der Waals surface area contributed by atoms with Gasteiger partial charge in [-0.05, 0) is 29.7 Å². The van der Waals surface area contributed by atoms with Crippen molar-refractivity contribution < 1.29 is 23.0 Å². The molecule has 1 aliphatic heterocycles. The third-order valence-corrected chi connectivity index (χ3v) is 5.69. The smallest absolute Gasteiger partial charge is 0.310 e. The summed E-state index contributed by atoms with van der Waals surface area (Å²) in [6.45, 7) is 4.53. The van der Waals surface area contributed by atoms with Crippen molar-refractivity contribution in [2.24, 2.45) is 0 Å². The Kier molecular flexibility index (Phi) is 8.33. The Balaban J connectivity index is 1.35. The summed E-state index contributed by atoms with van der Waals surface area (Å²) in [5, 5.41) is 4.27. The largest absolute Gasteiger partial charge is 0.465 e. The van der Waals surface area contributed by atoms with E-state index < -0.39 is 11.6 Å². The van der Waals surface area contributed by atoms with Gasteiger partial charge in [0.25, 0.3) is 0 Å². The van der Waals surface area contributed by atoms with Gasteiger partial charge in [-0.3, -0.25) is 14.5 Å². The van der Waals surface area contributed by atoms with E-state index in [4.69, 9.17) is 9.47 Å². The first-order chi connectivity index (χ1) is 17.0. The maximum absolute atomic E-state index is 13.6. The Morgan fingerprint density at radius 2 is 1.77 bits per heavy atom. The predicted octanol–water partition coefficient (Wildman–Crippen LogP) is 2.91. The van der Waals surface area contributed by atoms with Crippen LogP contribution in [-0.2, 0) is 27.1 Å². The zero-order chi connectivity index (χ0) is 24.6. The number of halogens is 2. The van der Waals surface area contributed by atoms with E-state index in [9.17, 15) is 18.4 Å². The third-order valence-electron chi connectivity index (χ3n) is 5.69. The second-order valence-corrected chi connectivity index (χ2v) is 8.40. The Morgan fingerprint density at radius 1 is 1.03 bits per heavy atom. The summed E-state index contributed by atoms with van der Waals surface area (Å²) in [7, 11) is 0. The van der Waals surface area contributed by atoms with E-state index in [2.05, 4.69) is 10.00 Å². The summed E-state index contributed by atoms with van der Waals surface area (Å²) in [5.74, 6) is -1.78. The normalized spacial score (nSPS) is 14.1. The van der Waals surface area contributed by atoms with Gasteiger partial charge in [0.05, 0.1) is 31.9 Å². The van der Waals surface area contributed by atoms with Crippen LogP contribution < -0.4 is 5.43 Å². The zero-order valence-corrected chi connectivity index (χ0v) is 19.3. The SMILES string of the molecule is O=C(Cc1cccc(Cc2nn(-c3cc(F)cc(F)c3)ccc2=O)c1)OCCCN1CCOCC1. The number of morpholine rings is 1. The van der Waals surface area contributed by atoms with E-state index in [-0.39, 0.29) is 35.6 Å². The number of hydrogen-bond donors (Lipinski definition) is 0. The van der Waals surface area contributed by atoms with Crippen LogP contribution in [0.25, 0.3) is 5.69 Å². The van der Waals surface area contributed by atoms with Crippen LogP contribution in [0, 0.1) is 11.6 Å². The molecular formula is C26H27F2N3O4. The second kappa shape index (κ2) is 11.8. The van der Waals surface area contributed by atoms with Crippen molar-refractivity contribution in [2.75, 3.05) is 39.5 Å². The minimum atomic E-state index is -0.734. The predicted molar refractivity (Wildman–Crippen MR) is 126 cm³/mol. The molecule has 2 aromatic carbocycles. The molecule has 2 heterocycles. The number of nitrogens with zero attached hydrogens (tertiary/aromatic N) is 3. The molecule has 0 amide bonds. The van der Waals surface area contributed by atoms with Crippen molar-refractivity contribution in [3.63, 3.8) is 0 Å².